The van der Waals surface area contributed by atoms with Crippen LogP contribution in [0.15, 0.2) is 36.5 Å². The second-order valence-corrected chi connectivity index (χ2v) is 5.02. The third-order valence-corrected chi connectivity index (χ3v) is 3.63. The van der Waals surface area contributed by atoms with E-state index < -0.39 is 0 Å². The molecule has 1 aromatic carbocycles. The number of para-hydroxylation sites is 1. The SMILES string of the molecule is O=C1CC(CO)CN1Cc1cccc2cccnc12. The molecule has 1 fully saturated rings. The van der Waals surface area contributed by atoms with Crippen molar-refractivity contribution in [3.05, 3.63) is 42.1 Å². The number of carbonyl (C=O) groups is 1. The first-order valence-electron chi connectivity index (χ1n) is 6.49. The summed E-state index contributed by atoms with van der Waals surface area (Å²) < 4.78 is 0. The van der Waals surface area contributed by atoms with Crippen molar-refractivity contribution in [2.45, 2.75) is 13.0 Å². The first-order valence-corrected chi connectivity index (χ1v) is 6.49. The highest BCUT2D eigenvalue weighted by Gasteiger charge is 2.29. The zero-order chi connectivity index (χ0) is 13.2. The summed E-state index contributed by atoms with van der Waals surface area (Å²) in [6, 6.07) is 9.95. The van der Waals surface area contributed by atoms with E-state index in [1.54, 1.807) is 6.20 Å². The molecule has 1 aliphatic rings. The molecule has 1 amide bonds. The summed E-state index contributed by atoms with van der Waals surface area (Å²) in [5.74, 6) is 0.197. The molecule has 0 radical (unpaired) electrons. The summed E-state index contributed by atoms with van der Waals surface area (Å²) in [5.41, 5.74) is 2.01. The molecule has 3 rings (SSSR count). The number of aliphatic hydroxyl groups excluding tert-OH is 1. The van der Waals surface area contributed by atoms with Crippen LogP contribution in [0.2, 0.25) is 0 Å². The summed E-state index contributed by atoms with van der Waals surface area (Å²) in [5, 5.41) is 10.2. The van der Waals surface area contributed by atoms with Crippen LogP contribution in [0.5, 0.6) is 0 Å². The number of likely N-dealkylation sites (tertiary alicyclic amines) is 1. The highest BCUT2D eigenvalue weighted by Crippen LogP contribution is 2.23. The number of pyridine rings is 1. The fourth-order valence-electron chi connectivity index (χ4n) is 2.63. The number of hydrogen-bond acceptors (Lipinski definition) is 3. The summed E-state index contributed by atoms with van der Waals surface area (Å²) in [6.07, 6.45) is 2.23. The maximum Gasteiger partial charge on any atom is 0.223 e. The van der Waals surface area contributed by atoms with Gasteiger partial charge in [-0.25, -0.2) is 0 Å². The molecule has 1 N–H and O–H groups in total. The van der Waals surface area contributed by atoms with Crippen LogP contribution in [-0.2, 0) is 11.3 Å². The lowest BCUT2D eigenvalue weighted by Gasteiger charge is -2.17. The number of benzene rings is 1. The Kier molecular flexibility index (Phi) is 3.17. The highest BCUT2D eigenvalue weighted by atomic mass is 16.3. The first-order chi connectivity index (χ1) is 9.28. The Labute approximate surface area is 111 Å². The standard InChI is InChI=1S/C15H16N2O2/c18-10-11-7-14(19)17(8-11)9-13-4-1-3-12-5-2-6-16-15(12)13/h1-6,11,18H,7-10H2. The van der Waals surface area contributed by atoms with E-state index >= 15 is 0 Å². The number of hydrogen-bond donors (Lipinski definition) is 1. The summed E-state index contributed by atoms with van der Waals surface area (Å²) in [6.45, 7) is 1.29. The van der Waals surface area contributed by atoms with Crippen LogP contribution in [-0.4, -0.2) is 34.0 Å². The van der Waals surface area contributed by atoms with E-state index in [9.17, 15) is 4.79 Å². The molecule has 19 heavy (non-hydrogen) atoms. The van der Waals surface area contributed by atoms with Crippen LogP contribution < -0.4 is 0 Å². The molecule has 0 bridgehead atoms. The molecule has 1 saturated heterocycles. The molecule has 1 unspecified atom stereocenters. The van der Waals surface area contributed by atoms with Gasteiger partial charge in [0.15, 0.2) is 0 Å². The molecule has 4 heteroatoms. The zero-order valence-electron chi connectivity index (χ0n) is 10.6. The number of nitrogens with zero attached hydrogens (tertiary/aromatic N) is 2. The van der Waals surface area contributed by atoms with Crippen molar-refractivity contribution in [3.63, 3.8) is 0 Å². The third kappa shape index (κ3) is 2.31. The molecule has 1 aromatic heterocycles. The fourth-order valence-corrected chi connectivity index (χ4v) is 2.63. The Balaban J connectivity index is 1.88. The van der Waals surface area contributed by atoms with Gasteiger partial charge in [-0.15, -0.1) is 0 Å². The Bertz CT molecular complexity index is 607. The van der Waals surface area contributed by atoms with Crippen LogP contribution in [0, 0.1) is 5.92 Å². The summed E-state index contributed by atoms with van der Waals surface area (Å²) in [4.78, 5) is 18.1. The molecule has 0 spiro atoms. The van der Waals surface area contributed by atoms with Gasteiger partial charge in [0, 0.05) is 43.6 Å². The number of carbonyl (C=O) groups excluding carboxylic acids is 1. The Hall–Kier alpha value is -1.94. The second kappa shape index (κ2) is 4.97. The molecular weight excluding hydrogens is 240 g/mol. The maximum absolute atomic E-state index is 11.9. The van der Waals surface area contributed by atoms with E-state index in [1.165, 1.54) is 0 Å². The minimum absolute atomic E-state index is 0.0791. The normalized spacial score (nSPS) is 19.3. The van der Waals surface area contributed by atoms with E-state index in [1.807, 2.05) is 35.2 Å². The number of amides is 1. The number of fused-ring (bicyclic) bond motifs is 1. The largest absolute Gasteiger partial charge is 0.396 e. The lowest BCUT2D eigenvalue weighted by atomic mass is 10.1. The Morgan fingerprint density at radius 3 is 2.95 bits per heavy atom. The predicted molar refractivity (Wildman–Crippen MR) is 72.4 cm³/mol. The van der Waals surface area contributed by atoms with Crippen LogP contribution in [0.1, 0.15) is 12.0 Å². The van der Waals surface area contributed by atoms with E-state index in [-0.39, 0.29) is 18.4 Å². The van der Waals surface area contributed by atoms with E-state index in [0.29, 0.717) is 19.5 Å². The van der Waals surface area contributed by atoms with Gasteiger partial charge in [-0.3, -0.25) is 9.78 Å². The second-order valence-electron chi connectivity index (χ2n) is 5.02. The lowest BCUT2D eigenvalue weighted by molar-refractivity contribution is -0.128. The van der Waals surface area contributed by atoms with Crippen molar-refractivity contribution in [3.8, 4) is 0 Å². The fraction of sp³-hybridized carbons (Fsp3) is 0.333. The van der Waals surface area contributed by atoms with Crippen molar-refractivity contribution in [2.24, 2.45) is 5.92 Å². The Morgan fingerprint density at radius 2 is 2.16 bits per heavy atom. The molecular formula is C15H16N2O2. The van der Waals surface area contributed by atoms with Gasteiger partial charge < -0.3 is 10.0 Å². The van der Waals surface area contributed by atoms with Crippen LogP contribution in [0.4, 0.5) is 0 Å². The number of aromatic nitrogens is 1. The van der Waals surface area contributed by atoms with Gasteiger partial charge in [-0.05, 0) is 11.6 Å². The molecule has 0 aliphatic carbocycles. The molecule has 2 heterocycles. The van der Waals surface area contributed by atoms with Gasteiger partial charge in [-0.2, -0.15) is 0 Å². The first kappa shape index (κ1) is 12.1. The minimum Gasteiger partial charge on any atom is -0.396 e. The van der Waals surface area contributed by atoms with Gasteiger partial charge in [0.25, 0.3) is 0 Å². The molecule has 2 aromatic rings. The van der Waals surface area contributed by atoms with Gasteiger partial charge in [0.1, 0.15) is 0 Å². The third-order valence-electron chi connectivity index (χ3n) is 3.63. The van der Waals surface area contributed by atoms with Gasteiger partial charge in [-0.1, -0.05) is 24.3 Å². The smallest absolute Gasteiger partial charge is 0.223 e. The average molecular weight is 256 g/mol. The minimum atomic E-state index is 0.0791. The summed E-state index contributed by atoms with van der Waals surface area (Å²) >= 11 is 0. The highest BCUT2D eigenvalue weighted by molar-refractivity contribution is 5.83. The van der Waals surface area contributed by atoms with Gasteiger partial charge >= 0.3 is 0 Å². The zero-order valence-corrected chi connectivity index (χ0v) is 10.6. The van der Waals surface area contributed by atoms with E-state index in [2.05, 4.69) is 4.98 Å². The maximum atomic E-state index is 11.9. The number of aliphatic hydroxyl groups is 1. The molecule has 1 atom stereocenters. The summed E-state index contributed by atoms with van der Waals surface area (Å²) in [7, 11) is 0. The van der Waals surface area contributed by atoms with E-state index in [4.69, 9.17) is 5.11 Å². The monoisotopic (exact) mass is 256 g/mol. The van der Waals surface area contributed by atoms with Gasteiger partial charge in [0.05, 0.1) is 5.52 Å². The van der Waals surface area contributed by atoms with Crippen molar-refractivity contribution >= 4 is 16.8 Å². The van der Waals surface area contributed by atoms with Crippen molar-refractivity contribution in [1.82, 2.24) is 9.88 Å². The van der Waals surface area contributed by atoms with Crippen molar-refractivity contribution in [1.29, 1.82) is 0 Å². The van der Waals surface area contributed by atoms with Crippen LogP contribution in [0.25, 0.3) is 10.9 Å². The molecule has 0 saturated carbocycles. The van der Waals surface area contributed by atoms with Crippen molar-refractivity contribution < 1.29 is 9.90 Å². The number of rotatable bonds is 3. The van der Waals surface area contributed by atoms with Crippen LogP contribution in [0.3, 0.4) is 0 Å². The molecule has 4 nitrogen and oxygen atoms in total. The quantitative estimate of drug-likeness (QED) is 0.907. The predicted octanol–water partition coefficient (Wildman–Crippen LogP) is 1.58. The van der Waals surface area contributed by atoms with Crippen molar-refractivity contribution in [2.75, 3.05) is 13.2 Å². The Morgan fingerprint density at radius 1 is 1.32 bits per heavy atom. The molecule has 98 valence electrons. The lowest BCUT2D eigenvalue weighted by Crippen LogP contribution is -2.25. The average Bonchev–Trinajstić information content (AvgIpc) is 2.80. The van der Waals surface area contributed by atoms with E-state index in [0.717, 1.165) is 16.5 Å². The van der Waals surface area contributed by atoms with Crippen LogP contribution >= 0.6 is 0 Å². The molecule has 1 aliphatic heterocycles. The topological polar surface area (TPSA) is 53.4 Å². The van der Waals surface area contributed by atoms with Gasteiger partial charge in [0.2, 0.25) is 5.91 Å².